The van der Waals surface area contributed by atoms with Crippen LogP contribution in [-0.4, -0.2) is 27.8 Å². The quantitative estimate of drug-likeness (QED) is 0.833. The highest BCUT2D eigenvalue weighted by atomic mass is 16.5. The molecule has 0 radical (unpaired) electrons. The normalized spacial score (nSPS) is 11.9. The van der Waals surface area contributed by atoms with Crippen LogP contribution < -0.4 is 15.8 Å². The Balaban J connectivity index is 2.03. The molecule has 7 nitrogen and oxygen atoms in total. The summed E-state index contributed by atoms with van der Waals surface area (Å²) in [6, 6.07) is 2.58. The molecule has 0 aliphatic rings. The molecule has 3 N–H and O–H groups in total. The van der Waals surface area contributed by atoms with E-state index in [2.05, 4.69) is 15.4 Å². The number of nitrogens with zero attached hydrogens (tertiary/aromatic N) is 3. The second kappa shape index (κ2) is 5.49. The lowest BCUT2D eigenvalue weighted by Crippen LogP contribution is -2.27. The van der Waals surface area contributed by atoms with Crippen molar-refractivity contribution in [3.63, 3.8) is 0 Å². The van der Waals surface area contributed by atoms with Gasteiger partial charge in [-0.3, -0.25) is 9.48 Å². The number of hydrogen-bond acceptors (Lipinski definition) is 5. The minimum atomic E-state index is -0.768. The molecule has 1 atom stereocenters. The number of nitrogens with one attached hydrogen (secondary N) is 1. The van der Waals surface area contributed by atoms with E-state index in [9.17, 15) is 4.79 Å². The van der Waals surface area contributed by atoms with Crippen LogP contribution in [0, 0.1) is 0 Å². The van der Waals surface area contributed by atoms with Crippen LogP contribution in [0.25, 0.3) is 0 Å². The van der Waals surface area contributed by atoms with Gasteiger partial charge in [-0.05, 0) is 6.07 Å². The standard InChI is InChI=1S/C12H15N5O2/c1-17-7-8(5-15-17)11(13)12(18)16-9-3-4-10(19-2)14-6-9/h3-7,11H,13H2,1-2H3,(H,16,18). The van der Waals surface area contributed by atoms with E-state index in [-0.39, 0.29) is 5.91 Å². The average molecular weight is 261 g/mol. The van der Waals surface area contributed by atoms with E-state index in [0.29, 0.717) is 17.1 Å². The predicted molar refractivity (Wildman–Crippen MR) is 69.6 cm³/mol. The van der Waals surface area contributed by atoms with Crippen molar-refractivity contribution >= 4 is 11.6 Å². The van der Waals surface area contributed by atoms with Crippen molar-refractivity contribution in [1.29, 1.82) is 0 Å². The Morgan fingerprint density at radius 1 is 1.47 bits per heavy atom. The molecule has 0 aliphatic heterocycles. The summed E-state index contributed by atoms with van der Waals surface area (Å²) >= 11 is 0. The zero-order chi connectivity index (χ0) is 13.8. The molecule has 0 aliphatic carbocycles. The SMILES string of the molecule is COc1ccc(NC(=O)C(N)c2cnn(C)c2)cn1. The number of methoxy groups -OCH3 is 1. The Bertz CT molecular complexity index is 564. The third kappa shape index (κ3) is 3.08. The van der Waals surface area contributed by atoms with Crippen molar-refractivity contribution in [2.45, 2.75) is 6.04 Å². The van der Waals surface area contributed by atoms with Crippen molar-refractivity contribution in [2.75, 3.05) is 12.4 Å². The Kier molecular flexibility index (Phi) is 3.76. The molecule has 1 amide bonds. The summed E-state index contributed by atoms with van der Waals surface area (Å²) < 4.78 is 6.53. The lowest BCUT2D eigenvalue weighted by molar-refractivity contribution is -0.117. The van der Waals surface area contributed by atoms with Crippen molar-refractivity contribution in [2.24, 2.45) is 12.8 Å². The molecule has 2 heterocycles. The Morgan fingerprint density at radius 2 is 2.26 bits per heavy atom. The molecule has 0 saturated carbocycles. The van der Waals surface area contributed by atoms with Gasteiger partial charge in [-0.1, -0.05) is 0 Å². The second-order valence-electron chi connectivity index (χ2n) is 4.00. The number of pyridine rings is 1. The number of carbonyl (C=O) groups is 1. The molecular formula is C12H15N5O2. The van der Waals surface area contributed by atoms with Crippen LogP contribution in [0.1, 0.15) is 11.6 Å². The van der Waals surface area contributed by atoms with Crippen molar-refractivity contribution in [3.05, 3.63) is 36.3 Å². The van der Waals surface area contributed by atoms with Crippen molar-refractivity contribution in [1.82, 2.24) is 14.8 Å². The van der Waals surface area contributed by atoms with E-state index in [4.69, 9.17) is 10.5 Å². The molecule has 0 spiro atoms. The van der Waals surface area contributed by atoms with Gasteiger partial charge in [0, 0.05) is 24.9 Å². The molecule has 0 fully saturated rings. The number of hydrogen-bond donors (Lipinski definition) is 2. The van der Waals surface area contributed by atoms with Gasteiger partial charge in [-0.15, -0.1) is 0 Å². The molecule has 7 heteroatoms. The summed E-state index contributed by atoms with van der Waals surface area (Å²) in [5.41, 5.74) is 7.06. The number of nitrogens with two attached hydrogens (primary N) is 1. The Morgan fingerprint density at radius 3 is 2.79 bits per heavy atom. The maximum Gasteiger partial charge on any atom is 0.246 e. The molecule has 2 aromatic heterocycles. The lowest BCUT2D eigenvalue weighted by Gasteiger charge is -2.10. The van der Waals surface area contributed by atoms with Gasteiger partial charge in [0.25, 0.3) is 0 Å². The van der Waals surface area contributed by atoms with Gasteiger partial charge in [0.1, 0.15) is 6.04 Å². The molecule has 2 aromatic rings. The van der Waals surface area contributed by atoms with Crippen LogP contribution in [0.15, 0.2) is 30.7 Å². The number of amides is 1. The first-order valence-electron chi connectivity index (χ1n) is 5.65. The number of ether oxygens (including phenoxy) is 1. The zero-order valence-corrected chi connectivity index (χ0v) is 10.7. The summed E-state index contributed by atoms with van der Waals surface area (Å²) in [7, 11) is 3.29. The van der Waals surface area contributed by atoms with Gasteiger partial charge in [-0.2, -0.15) is 5.10 Å². The number of aromatic nitrogens is 3. The van der Waals surface area contributed by atoms with E-state index in [1.807, 2.05) is 0 Å². The van der Waals surface area contributed by atoms with E-state index in [0.717, 1.165) is 0 Å². The third-order valence-corrected chi connectivity index (χ3v) is 2.58. The summed E-state index contributed by atoms with van der Waals surface area (Å²) in [6.07, 6.45) is 4.78. The van der Waals surface area contributed by atoms with Crippen LogP contribution in [0.4, 0.5) is 5.69 Å². The van der Waals surface area contributed by atoms with Crippen molar-refractivity contribution < 1.29 is 9.53 Å². The maximum atomic E-state index is 11.9. The first-order valence-corrected chi connectivity index (χ1v) is 5.65. The van der Waals surface area contributed by atoms with E-state index >= 15 is 0 Å². The van der Waals surface area contributed by atoms with Crippen LogP contribution in [0.5, 0.6) is 5.88 Å². The summed E-state index contributed by atoms with van der Waals surface area (Å²) in [4.78, 5) is 15.9. The molecule has 100 valence electrons. The van der Waals surface area contributed by atoms with Gasteiger partial charge in [0.05, 0.1) is 25.2 Å². The average Bonchev–Trinajstić information content (AvgIpc) is 2.85. The number of aryl methyl sites for hydroxylation is 1. The predicted octanol–water partition coefficient (Wildman–Crippen LogP) is 0.462. The fourth-order valence-electron chi connectivity index (χ4n) is 1.55. The molecule has 0 bridgehead atoms. The fraction of sp³-hybridized carbons (Fsp3) is 0.250. The van der Waals surface area contributed by atoms with Gasteiger partial charge >= 0.3 is 0 Å². The third-order valence-electron chi connectivity index (χ3n) is 2.58. The molecule has 19 heavy (non-hydrogen) atoms. The second-order valence-corrected chi connectivity index (χ2v) is 4.00. The lowest BCUT2D eigenvalue weighted by atomic mass is 10.1. The minimum absolute atomic E-state index is 0.319. The van der Waals surface area contributed by atoms with E-state index < -0.39 is 6.04 Å². The van der Waals surface area contributed by atoms with Gasteiger partial charge < -0.3 is 15.8 Å². The number of anilines is 1. The van der Waals surface area contributed by atoms with Crippen molar-refractivity contribution in [3.8, 4) is 5.88 Å². The molecule has 2 rings (SSSR count). The van der Waals surface area contributed by atoms with Crippen LogP contribution >= 0.6 is 0 Å². The summed E-state index contributed by atoms with van der Waals surface area (Å²) in [6.45, 7) is 0. The first-order chi connectivity index (χ1) is 9.10. The van der Waals surface area contributed by atoms with E-state index in [1.165, 1.54) is 13.3 Å². The van der Waals surface area contributed by atoms with Gasteiger partial charge in [0.2, 0.25) is 11.8 Å². The number of carbonyl (C=O) groups excluding carboxylic acids is 1. The molecule has 1 unspecified atom stereocenters. The number of rotatable bonds is 4. The highest BCUT2D eigenvalue weighted by Gasteiger charge is 2.17. The Hall–Kier alpha value is -2.41. The molecule has 0 saturated heterocycles. The smallest absolute Gasteiger partial charge is 0.246 e. The summed E-state index contributed by atoms with van der Waals surface area (Å²) in [5, 5.41) is 6.66. The highest BCUT2D eigenvalue weighted by Crippen LogP contribution is 2.14. The molecular weight excluding hydrogens is 246 g/mol. The zero-order valence-electron chi connectivity index (χ0n) is 10.7. The van der Waals surface area contributed by atoms with Gasteiger partial charge in [-0.25, -0.2) is 4.98 Å². The topological polar surface area (TPSA) is 95.1 Å². The van der Waals surface area contributed by atoms with E-state index in [1.54, 1.807) is 36.3 Å². The van der Waals surface area contributed by atoms with Crippen LogP contribution in [0.3, 0.4) is 0 Å². The highest BCUT2D eigenvalue weighted by molar-refractivity contribution is 5.95. The minimum Gasteiger partial charge on any atom is -0.481 e. The first kappa shape index (κ1) is 13.0. The molecule has 0 aromatic carbocycles. The largest absolute Gasteiger partial charge is 0.481 e. The fourth-order valence-corrected chi connectivity index (χ4v) is 1.55. The van der Waals surface area contributed by atoms with Crippen LogP contribution in [-0.2, 0) is 11.8 Å². The monoisotopic (exact) mass is 261 g/mol. The Labute approximate surface area is 110 Å². The summed E-state index contributed by atoms with van der Waals surface area (Å²) in [5.74, 6) is 0.162. The van der Waals surface area contributed by atoms with Crippen LogP contribution in [0.2, 0.25) is 0 Å². The maximum absolute atomic E-state index is 11.9. The van der Waals surface area contributed by atoms with Gasteiger partial charge in [0.15, 0.2) is 0 Å².